The first-order chi connectivity index (χ1) is 12.9. The molecule has 27 heavy (non-hydrogen) atoms. The zero-order valence-electron chi connectivity index (χ0n) is 16.0. The maximum atomic E-state index is 13.5. The van der Waals surface area contributed by atoms with Gasteiger partial charge in [0, 0.05) is 18.9 Å². The van der Waals surface area contributed by atoms with E-state index < -0.39 is 11.7 Å². The second-order valence-corrected chi connectivity index (χ2v) is 6.42. The summed E-state index contributed by atoms with van der Waals surface area (Å²) in [6.07, 6.45) is 0.894. The highest BCUT2D eigenvalue weighted by Gasteiger charge is 2.36. The molecule has 0 saturated heterocycles. The molecule has 0 spiro atoms. The lowest BCUT2D eigenvalue weighted by Gasteiger charge is -2.23. The molecule has 0 aliphatic carbocycles. The van der Waals surface area contributed by atoms with Crippen LogP contribution in [-0.4, -0.2) is 23.6 Å². The van der Waals surface area contributed by atoms with Gasteiger partial charge in [0.2, 0.25) is 0 Å². The second-order valence-electron chi connectivity index (χ2n) is 6.42. The van der Waals surface area contributed by atoms with Gasteiger partial charge < -0.3 is 9.64 Å². The van der Waals surface area contributed by atoms with Crippen LogP contribution in [0.2, 0.25) is 0 Å². The lowest BCUT2D eigenvalue weighted by atomic mass is 10.1. The molecule has 1 heterocycles. The Labute approximate surface area is 158 Å². The van der Waals surface area contributed by atoms with Crippen molar-refractivity contribution in [3.63, 3.8) is 0 Å². The fourth-order valence-electron chi connectivity index (χ4n) is 2.73. The van der Waals surface area contributed by atoms with Crippen LogP contribution in [0, 0.1) is 0 Å². The molecule has 0 bridgehead atoms. The van der Waals surface area contributed by atoms with E-state index in [0.717, 1.165) is 43.9 Å². The van der Waals surface area contributed by atoms with E-state index >= 15 is 0 Å². The van der Waals surface area contributed by atoms with Gasteiger partial charge in [0.05, 0.1) is 6.61 Å². The summed E-state index contributed by atoms with van der Waals surface area (Å²) in [5, 5.41) is 0. The molecule has 1 aromatic carbocycles. The molecule has 7 heteroatoms. The highest BCUT2D eigenvalue weighted by Crippen LogP contribution is 2.37. The van der Waals surface area contributed by atoms with Gasteiger partial charge in [0.15, 0.2) is 5.82 Å². The monoisotopic (exact) mass is 381 g/mol. The van der Waals surface area contributed by atoms with Crippen LogP contribution in [0.15, 0.2) is 30.5 Å². The number of ether oxygens (including phenoxy) is 1. The Hall–Kier alpha value is -2.31. The summed E-state index contributed by atoms with van der Waals surface area (Å²) in [5.74, 6) is -0.211. The third-order valence-corrected chi connectivity index (χ3v) is 4.19. The average molecular weight is 381 g/mol. The standard InChI is InChI=1S/C20H26F3N3O/c1-4-6-7-12-27-19-24-14-17(20(21,22)23)18(25-19)26(3)16-11-8-10-15(13-16)9-5-2/h8,10-11,13-14H,4-7,9,12H2,1-3H3. The summed E-state index contributed by atoms with van der Waals surface area (Å²) in [5.41, 5.74) is 0.828. The molecule has 1 aromatic heterocycles. The number of unbranched alkanes of at least 4 members (excludes halogenated alkanes) is 2. The minimum Gasteiger partial charge on any atom is -0.463 e. The Kier molecular flexibility index (Phi) is 7.45. The van der Waals surface area contributed by atoms with Crippen LogP contribution in [-0.2, 0) is 12.6 Å². The first-order valence-corrected chi connectivity index (χ1v) is 9.26. The highest BCUT2D eigenvalue weighted by molar-refractivity contribution is 5.63. The summed E-state index contributed by atoms with van der Waals surface area (Å²) in [6.45, 7) is 4.51. The van der Waals surface area contributed by atoms with Gasteiger partial charge in [0.25, 0.3) is 0 Å². The van der Waals surface area contributed by atoms with E-state index in [1.807, 2.05) is 18.2 Å². The minimum atomic E-state index is -4.55. The van der Waals surface area contributed by atoms with Gasteiger partial charge >= 0.3 is 12.2 Å². The normalized spacial score (nSPS) is 11.5. The van der Waals surface area contributed by atoms with E-state index in [9.17, 15) is 13.2 Å². The molecule has 0 unspecified atom stereocenters. The number of hydrogen-bond donors (Lipinski definition) is 0. The van der Waals surface area contributed by atoms with Gasteiger partial charge in [0.1, 0.15) is 5.56 Å². The Morgan fingerprint density at radius 1 is 1.11 bits per heavy atom. The van der Waals surface area contributed by atoms with Crippen molar-refractivity contribution in [1.82, 2.24) is 9.97 Å². The van der Waals surface area contributed by atoms with Gasteiger partial charge in [-0.05, 0) is 30.5 Å². The molecule has 0 aliphatic rings. The first kappa shape index (κ1) is 21.0. The van der Waals surface area contributed by atoms with E-state index in [-0.39, 0.29) is 11.8 Å². The Morgan fingerprint density at radius 3 is 2.56 bits per heavy atom. The van der Waals surface area contributed by atoms with Gasteiger partial charge in [-0.15, -0.1) is 0 Å². The molecule has 0 fully saturated rings. The number of aromatic nitrogens is 2. The van der Waals surface area contributed by atoms with E-state index in [1.54, 1.807) is 13.1 Å². The largest absolute Gasteiger partial charge is 0.463 e. The van der Waals surface area contributed by atoms with Gasteiger partial charge in [-0.3, -0.25) is 0 Å². The molecule has 2 aromatic rings. The van der Waals surface area contributed by atoms with E-state index in [1.165, 1.54) is 4.90 Å². The van der Waals surface area contributed by atoms with Crippen molar-refractivity contribution in [1.29, 1.82) is 0 Å². The van der Waals surface area contributed by atoms with E-state index in [4.69, 9.17) is 4.74 Å². The Morgan fingerprint density at radius 2 is 1.89 bits per heavy atom. The minimum absolute atomic E-state index is 0.0364. The number of nitrogens with zero attached hydrogens (tertiary/aromatic N) is 3. The molecule has 4 nitrogen and oxygen atoms in total. The molecule has 0 aliphatic heterocycles. The molecule has 0 atom stereocenters. The number of hydrogen-bond acceptors (Lipinski definition) is 4. The molecule has 2 rings (SSSR count). The zero-order valence-corrected chi connectivity index (χ0v) is 16.0. The van der Waals surface area contributed by atoms with Gasteiger partial charge in [-0.2, -0.15) is 18.2 Å². The predicted octanol–water partition coefficient (Wildman–Crippen LogP) is 5.78. The fraction of sp³-hybridized carbons (Fsp3) is 0.500. The van der Waals surface area contributed by atoms with Crippen molar-refractivity contribution in [2.75, 3.05) is 18.6 Å². The molecule has 148 valence electrons. The maximum Gasteiger partial charge on any atom is 0.421 e. The van der Waals surface area contributed by atoms with Crippen LogP contribution in [0.3, 0.4) is 0 Å². The maximum absolute atomic E-state index is 13.5. The number of aryl methyl sites for hydroxylation is 1. The summed E-state index contributed by atoms with van der Waals surface area (Å²) in [4.78, 5) is 9.24. The SMILES string of the molecule is CCCCCOc1ncc(C(F)(F)F)c(N(C)c2cccc(CCC)c2)n1. The number of alkyl halides is 3. The topological polar surface area (TPSA) is 38.2 Å². The molecular formula is C20H26F3N3O. The lowest BCUT2D eigenvalue weighted by Crippen LogP contribution is -2.19. The third kappa shape index (κ3) is 5.84. The van der Waals surface area contributed by atoms with Crippen molar-refractivity contribution in [3.8, 4) is 6.01 Å². The smallest absolute Gasteiger partial charge is 0.421 e. The fourth-order valence-corrected chi connectivity index (χ4v) is 2.73. The van der Waals surface area contributed by atoms with Crippen LogP contribution >= 0.6 is 0 Å². The van der Waals surface area contributed by atoms with Crippen molar-refractivity contribution in [2.24, 2.45) is 0 Å². The quantitative estimate of drug-likeness (QED) is 0.516. The summed E-state index contributed by atoms with van der Waals surface area (Å²) in [6, 6.07) is 7.42. The van der Waals surface area contributed by atoms with Crippen LogP contribution in [0.25, 0.3) is 0 Å². The van der Waals surface area contributed by atoms with Crippen LogP contribution in [0.4, 0.5) is 24.7 Å². The van der Waals surface area contributed by atoms with Crippen LogP contribution in [0.1, 0.15) is 50.7 Å². The van der Waals surface area contributed by atoms with Crippen molar-refractivity contribution < 1.29 is 17.9 Å². The number of halogens is 3. The summed E-state index contributed by atoms with van der Waals surface area (Å²) < 4.78 is 45.8. The van der Waals surface area contributed by atoms with E-state index in [2.05, 4.69) is 23.8 Å². The lowest BCUT2D eigenvalue weighted by molar-refractivity contribution is -0.137. The zero-order chi connectivity index (χ0) is 19.9. The molecule has 0 saturated carbocycles. The van der Waals surface area contributed by atoms with Gasteiger partial charge in [-0.25, -0.2) is 4.98 Å². The number of benzene rings is 1. The molecule has 0 radical (unpaired) electrons. The molecule has 0 amide bonds. The summed E-state index contributed by atoms with van der Waals surface area (Å²) in [7, 11) is 1.57. The first-order valence-electron chi connectivity index (χ1n) is 9.26. The average Bonchev–Trinajstić information content (AvgIpc) is 2.64. The predicted molar refractivity (Wildman–Crippen MR) is 101 cm³/mol. The van der Waals surface area contributed by atoms with Crippen molar-refractivity contribution >= 4 is 11.5 Å². The number of rotatable bonds is 9. The van der Waals surface area contributed by atoms with Gasteiger partial charge in [-0.1, -0.05) is 45.2 Å². The van der Waals surface area contributed by atoms with Crippen LogP contribution < -0.4 is 9.64 Å². The van der Waals surface area contributed by atoms with E-state index in [0.29, 0.717) is 12.3 Å². The number of anilines is 2. The van der Waals surface area contributed by atoms with Crippen LogP contribution in [0.5, 0.6) is 6.01 Å². The Bertz CT molecular complexity index is 735. The highest BCUT2D eigenvalue weighted by atomic mass is 19.4. The summed E-state index contributed by atoms with van der Waals surface area (Å²) >= 11 is 0. The third-order valence-electron chi connectivity index (χ3n) is 4.19. The molecular weight excluding hydrogens is 355 g/mol. The van der Waals surface area contributed by atoms with Crippen molar-refractivity contribution in [3.05, 3.63) is 41.6 Å². The van der Waals surface area contributed by atoms with Crippen molar-refractivity contribution in [2.45, 2.75) is 52.1 Å². The Balaban J connectivity index is 2.34. The molecule has 0 N–H and O–H groups in total. The second kappa shape index (κ2) is 9.58.